The van der Waals surface area contributed by atoms with E-state index in [2.05, 4.69) is 11.2 Å². The molecule has 4 heteroatoms. The Bertz CT molecular complexity index is 528. The monoisotopic (exact) mass is 243 g/mol. The third-order valence-corrected chi connectivity index (χ3v) is 2.78. The average molecular weight is 243 g/mol. The van der Waals surface area contributed by atoms with Crippen molar-refractivity contribution in [2.24, 2.45) is 0 Å². The van der Waals surface area contributed by atoms with Gasteiger partial charge in [-0.3, -0.25) is 9.59 Å². The van der Waals surface area contributed by atoms with Crippen LogP contribution in [0.3, 0.4) is 0 Å². The first-order chi connectivity index (χ1) is 8.72. The van der Waals surface area contributed by atoms with Crippen molar-refractivity contribution in [1.29, 1.82) is 0 Å². The Kier molecular flexibility index (Phi) is 3.63. The molecule has 0 bridgehead atoms. The van der Waals surface area contributed by atoms with Crippen LogP contribution in [0.2, 0.25) is 0 Å². The fourth-order valence-corrected chi connectivity index (χ4v) is 1.94. The number of nitrogens with one attached hydrogen (secondary N) is 1. The predicted octanol–water partition coefficient (Wildman–Crippen LogP) is 0.944. The number of fused-ring (bicyclic) bond motifs is 1. The number of rotatable bonds is 4. The molecule has 1 aromatic rings. The van der Waals surface area contributed by atoms with Crippen LogP contribution in [-0.2, 0) is 11.2 Å². The Hall–Kier alpha value is -2.28. The Morgan fingerprint density at radius 2 is 2.28 bits per heavy atom. The maximum Gasteiger partial charge on any atom is 0.258 e. The van der Waals surface area contributed by atoms with Crippen LogP contribution in [0.1, 0.15) is 22.3 Å². The Morgan fingerprint density at radius 1 is 1.44 bits per heavy atom. The van der Waals surface area contributed by atoms with Crippen molar-refractivity contribution in [3.8, 4) is 18.1 Å². The number of hydrogen-bond donors (Lipinski definition) is 1. The molecule has 2 rings (SSSR count). The number of amides is 1. The Labute approximate surface area is 105 Å². The minimum Gasteiger partial charge on any atom is -0.483 e. The zero-order valence-electron chi connectivity index (χ0n) is 9.86. The van der Waals surface area contributed by atoms with E-state index >= 15 is 0 Å². The van der Waals surface area contributed by atoms with Gasteiger partial charge in [0.05, 0.1) is 6.54 Å². The molecule has 0 aromatic heterocycles. The van der Waals surface area contributed by atoms with E-state index in [0.717, 1.165) is 5.56 Å². The van der Waals surface area contributed by atoms with Crippen LogP contribution in [0.15, 0.2) is 18.2 Å². The first kappa shape index (κ1) is 12.2. The molecule has 1 aliphatic carbocycles. The number of carbonyl (C=O) groups is 2. The largest absolute Gasteiger partial charge is 0.483 e. The molecular formula is C14H13NO3. The summed E-state index contributed by atoms with van der Waals surface area (Å²) < 4.78 is 5.42. The van der Waals surface area contributed by atoms with Crippen molar-refractivity contribution in [3.05, 3.63) is 29.3 Å². The molecule has 92 valence electrons. The van der Waals surface area contributed by atoms with E-state index in [1.165, 1.54) is 0 Å². The lowest BCUT2D eigenvalue weighted by atomic mass is 10.1. The normalized spacial score (nSPS) is 12.7. The molecule has 0 unspecified atom stereocenters. The van der Waals surface area contributed by atoms with Gasteiger partial charge in [-0.25, -0.2) is 0 Å². The zero-order chi connectivity index (χ0) is 13.0. The molecule has 0 saturated carbocycles. The Morgan fingerprint density at radius 3 is 3.06 bits per heavy atom. The van der Waals surface area contributed by atoms with Crippen LogP contribution in [0.5, 0.6) is 5.75 Å². The predicted molar refractivity (Wildman–Crippen MR) is 66.4 cm³/mol. The van der Waals surface area contributed by atoms with Crippen molar-refractivity contribution in [2.75, 3.05) is 13.2 Å². The molecule has 1 N–H and O–H groups in total. The second kappa shape index (κ2) is 5.37. The summed E-state index contributed by atoms with van der Waals surface area (Å²) in [7, 11) is 0. The van der Waals surface area contributed by atoms with Gasteiger partial charge in [0.2, 0.25) is 0 Å². The highest BCUT2D eigenvalue weighted by Gasteiger charge is 2.22. The zero-order valence-corrected chi connectivity index (χ0v) is 9.86. The van der Waals surface area contributed by atoms with Gasteiger partial charge in [0.25, 0.3) is 5.91 Å². The molecule has 1 amide bonds. The number of carbonyl (C=O) groups excluding carboxylic acids is 2. The van der Waals surface area contributed by atoms with Crippen molar-refractivity contribution in [1.82, 2.24) is 5.32 Å². The summed E-state index contributed by atoms with van der Waals surface area (Å²) in [5.41, 5.74) is 1.60. The van der Waals surface area contributed by atoms with E-state index in [0.29, 0.717) is 24.2 Å². The van der Waals surface area contributed by atoms with Gasteiger partial charge in [0.15, 0.2) is 12.4 Å². The minimum absolute atomic E-state index is 0.0909. The summed E-state index contributed by atoms with van der Waals surface area (Å²) in [6.07, 6.45) is 6.22. The molecule has 0 saturated heterocycles. The molecule has 0 heterocycles. The molecule has 4 nitrogen and oxygen atoms in total. The number of hydrogen-bond acceptors (Lipinski definition) is 3. The summed E-state index contributed by atoms with van der Waals surface area (Å²) in [6.45, 7) is 0.0971. The van der Waals surface area contributed by atoms with Gasteiger partial charge in [-0.05, 0) is 12.5 Å². The average Bonchev–Trinajstić information content (AvgIpc) is 2.76. The molecule has 1 aliphatic rings. The third kappa shape index (κ3) is 2.51. The fourth-order valence-electron chi connectivity index (χ4n) is 1.94. The summed E-state index contributed by atoms with van der Waals surface area (Å²) in [4.78, 5) is 22.9. The molecule has 18 heavy (non-hydrogen) atoms. The fraction of sp³-hybridized carbons (Fsp3) is 0.286. The lowest BCUT2D eigenvalue weighted by molar-refractivity contribution is -0.122. The lowest BCUT2D eigenvalue weighted by Crippen LogP contribution is -2.29. The third-order valence-electron chi connectivity index (χ3n) is 2.78. The highest BCUT2D eigenvalue weighted by Crippen LogP contribution is 2.30. The van der Waals surface area contributed by atoms with Crippen molar-refractivity contribution >= 4 is 11.7 Å². The van der Waals surface area contributed by atoms with Crippen molar-refractivity contribution < 1.29 is 14.3 Å². The first-order valence-electron chi connectivity index (χ1n) is 5.70. The van der Waals surface area contributed by atoms with E-state index in [1.807, 2.05) is 0 Å². The van der Waals surface area contributed by atoms with Gasteiger partial charge in [-0.2, -0.15) is 0 Å². The maximum atomic E-state index is 11.5. The summed E-state index contributed by atoms with van der Waals surface area (Å²) in [6, 6.07) is 5.32. The number of ketones is 1. The quantitative estimate of drug-likeness (QED) is 0.801. The minimum atomic E-state index is -0.269. The standard InChI is InChI=1S/C14H13NO3/c1-2-8-15-14(17)9-18-13-5-3-4-10-11(13)6-7-12(10)16/h1,3-5H,6-9H2,(H,15,17). The number of Topliss-reactive ketones (excluding diaryl/α,β-unsaturated/α-hetero) is 1. The number of terminal acetylenes is 1. The lowest BCUT2D eigenvalue weighted by Gasteiger charge is -2.09. The maximum absolute atomic E-state index is 11.5. The molecule has 0 fully saturated rings. The first-order valence-corrected chi connectivity index (χ1v) is 5.70. The topological polar surface area (TPSA) is 55.4 Å². The molecule has 0 aliphatic heterocycles. The smallest absolute Gasteiger partial charge is 0.258 e. The van der Waals surface area contributed by atoms with Gasteiger partial charge in [0, 0.05) is 17.5 Å². The van der Waals surface area contributed by atoms with E-state index < -0.39 is 0 Å². The van der Waals surface area contributed by atoms with Crippen molar-refractivity contribution in [3.63, 3.8) is 0 Å². The van der Waals surface area contributed by atoms with Gasteiger partial charge in [-0.15, -0.1) is 6.42 Å². The number of benzene rings is 1. The molecular weight excluding hydrogens is 230 g/mol. The van der Waals surface area contributed by atoms with Crippen LogP contribution >= 0.6 is 0 Å². The summed E-state index contributed by atoms with van der Waals surface area (Å²) in [5, 5.41) is 2.51. The SMILES string of the molecule is C#CCNC(=O)COc1cccc2c1CCC2=O. The highest BCUT2D eigenvalue weighted by atomic mass is 16.5. The van der Waals surface area contributed by atoms with Gasteiger partial charge in [-0.1, -0.05) is 18.1 Å². The van der Waals surface area contributed by atoms with Crippen LogP contribution in [0.4, 0.5) is 0 Å². The molecule has 0 spiro atoms. The van der Waals surface area contributed by atoms with Crippen LogP contribution in [-0.4, -0.2) is 24.8 Å². The summed E-state index contributed by atoms with van der Waals surface area (Å²) >= 11 is 0. The van der Waals surface area contributed by atoms with Crippen molar-refractivity contribution in [2.45, 2.75) is 12.8 Å². The van der Waals surface area contributed by atoms with E-state index in [9.17, 15) is 9.59 Å². The molecule has 0 atom stereocenters. The van der Waals surface area contributed by atoms with Crippen LogP contribution < -0.4 is 10.1 Å². The van der Waals surface area contributed by atoms with E-state index in [-0.39, 0.29) is 24.8 Å². The highest BCUT2D eigenvalue weighted by molar-refractivity contribution is 6.01. The van der Waals surface area contributed by atoms with E-state index in [1.54, 1.807) is 18.2 Å². The van der Waals surface area contributed by atoms with Crippen LogP contribution in [0, 0.1) is 12.3 Å². The number of ether oxygens (including phenoxy) is 1. The summed E-state index contributed by atoms with van der Waals surface area (Å²) in [5.74, 6) is 2.78. The van der Waals surface area contributed by atoms with E-state index in [4.69, 9.17) is 11.2 Å². The van der Waals surface area contributed by atoms with Gasteiger partial charge >= 0.3 is 0 Å². The second-order valence-electron chi connectivity index (χ2n) is 3.97. The van der Waals surface area contributed by atoms with Crippen LogP contribution in [0.25, 0.3) is 0 Å². The Balaban J connectivity index is 2.01. The van der Waals surface area contributed by atoms with Gasteiger partial charge < -0.3 is 10.1 Å². The van der Waals surface area contributed by atoms with Gasteiger partial charge in [0.1, 0.15) is 5.75 Å². The second-order valence-corrected chi connectivity index (χ2v) is 3.97. The molecule has 1 aromatic carbocycles. The molecule has 0 radical (unpaired) electrons.